The normalized spacial score (nSPS) is 28.7. The van der Waals surface area contributed by atoms with Crippen LogP contribution in [0.5, 0.6) is 0 Å². The van der Waals surface area contributed by atoms with Gasteiger partial charge >= 0.3 is 0 Å². The number of anilines is 1. The van der Waals surface area contributed by atoms with Crippen molar-refractivity contribution in [2.45, 2.75) is 50.2 Å². The van der Waals surface area contributed by atoms with Gasteiger partial charge in [-0.2, -0.15) is 0 Å². The maximum atomic E-state index is 12.6. The SMILES string of the molecule is Nc1nc2ccccc2n(C2CC3CCCC(C2)N3)c1=O. The Labute approximate surface area is 123 Å². The number of fused-ring (bicyclic) bond motifs is 3. The molecule has 3 heterocycles. The van der Waals surface area contributed by atoms with E-state index >= 15 is 0 Å². The van der Waals surface area contributed by atoms with Crippen LogP contribution in [0.25, 0.3) is 11.0 Å². The van der Waals surface area contributed by atoms with Gasteiger partial charge in [0.05, 0.1) is 11.0 Å². The van der Waals surface area contributed by atoms with Crippen LogP contribution < -0.4 is 16.6 Å². The molecule has 0 saturated carbocycles. The lowest BCUT2D eigenvalue weighted by atomic mass is 9.84. The quantitative estimate of drug-likeness (QED) is 0.838. The number of piperidine rings is 2. The Morgan fingerprint density at radius 3 is 2.67 bits per heavy atom. The second kappa shape index (κ2) is 4.84. The Morgan fingerprint density at radius 2 is 1.90 bits per heavy atom. The molecule has 110 valence electrons. The third kappa shape index (κ3) is 2.12. The molecule has 21 heavy (non-hydrogen) atoms. The third-order valence-corrected chi connectivity index (χ3v) is 4.88. The summed E-state index contributed by atoms with van der Waals surface area (Å²) in [7, 11) is 0. The van der Waals surface area contributed by atoms with Crippen molar-refractivity contribution < 1.29 is 0 Å². The van der Waals surface area contributed by atoms with E-state index in [1.807, 2.05) is 28.8 Å². The van der Waals surface area contributed by atoms with E-state index in [4.69, 9.17) is 5.73 Å². The predicted octanol–water partition coefficient (Wildman–Crippen LogP) is 1.82. The molecule has 4 rings (SSSR count). The van der Waals surface area contributed by atoms with Crippen LogP contribution in [-0.4, -0.2) is 21.6 Å². The number of nitrogen functional groups attached to an aromatic ring is 1. The highest BCUT2D eigenvalue weighted by Crippen LogP contribution is 2.33. The number of rotatable bonds is 1. The van der Waals surface area contributed by atoms with Gasteiger partial charge < -0.3 is 15.6 Å². The van der Waals surface area contributed by atoms with Gasteiger partial charge in [-0.25, -0.2) is 4.98 Å². The van der Waals surface area contributed by atoms with E-state index in [0.29, 0.717) is 12.1 Å². The standard InChI is InChI=1S/C16H20N4O/c17-15-16(21)20(14-7-2-1-6-13(14)19-15)12-8-10-4-3-5-11(9-12)18-10/h1-2,6-7,10-12,18H,3-5,8-9H2,(H2,17,19). The maximum absolute atomic E-state index is 12.6. The summed E-state index contributed by atoms with van der Waals surface area (Å²) in [5.74, 6) is 0.109. The number of hydrogen-bond donors (Lipinski definition) is 2. The van der Waals surface area contributed by atoms with Gasteiger partial charge in [0.1, 0.15) is 0 Å². The summed E-state index contributed by atoms with van der Waals surface area (Å²) in [5.41, 5.74) is 7.42. The first-order chi connectivity index (χ1) is 10.2. The van der Waals surface area contributed by atoms with Crippen LogP contribution in [0.3, 0.4) is 0 Å². The van der Waals surface area contributed by atoms with E-state index in [-0.39, 0.29) is 17.4 Å². The van der Waals surface area contributed by atoms with Crippen molar-refractivity contribution in [3.8, 4) is 0 Å². The van der Waals surface area contributed by atoms with Crippen molar-refractivity contribution in [3.05, 3.63) is 34.6 Å². The van der Waals surface area contributed by atoms with Gasteiger partial charge in [-0.15, -0.1) is 0 Å². The van der Waals surface area contributed by atoms with E-state index in [9.17, 15) is 4.79 Å². The van der Waals surface area contributed by atoms with Gasteiger partial charge in [0.25, 0.3) is 5.56 Å². The zero-order valence-electron chi connectivity index (χ0n) is 12.0. The summed E-state index contributed by atoms with van der Waals surface area (Å²) in [6, 6.07) is 9.07. The molecular formula is C16H20N4O. The molecule has 2 aliphatic rings. The highest BCUT2D eigenvalue weighted by molar-refractivity contribution is 5.76. The lowest BCUT2D eigenvalue weighted by Gasteiger charge is -2.41. The molecule has 2 aliphatic heterocycles. The largest absolute Gasteiger partial charge is 0.379 e. The molecule has 2 unspecified atom stereocenters. The molecule has 0 radical (unpaired) electrons. The molecule has 2 atom stereocenters. The lowest BCUT2D eigenvalue weighted by molar-refractivity contribution is 0.189. The average molecular weight is 284 g/mol. The van der Waals surface area contributed by atoms with E-state index in [1.54, 1.807) is 0 Å². The van der Waals surface area contributed by atoms with Gasteiger partial charge in [-0.05, 0) is 37.8 Å². The molecular weight excluding hydrogens is 264 g/mol. The van der Waals surface area contributed by atoms with Gasteiger partial charge in [0.15, 0.2) is 5.82 Å². The van der Waals surface area contributed by atoms with Gasteiger partial charge in [-0.1, -0.05) is 18.6 Å². The van der Waals surface area contributed by atoms with E-state index < -0.39 is 0 Å². The van der Waals surface area contributed by atoms with Crippen LogP contribution >= 0.6 is 0 Å². The zero-order valence-corrected chi connectivity index (χ0v) is 12.0. The predicted molar refractivity (Wildman–Crippen MR) is 83.2 cm³/mol. The fraction of sp³-hybridized carbons (Fsp3) is 0.500. The van der Waals surface area contributed by atoms with Gasteiger partial charge in [-0.3, -0.25) is 4.79 Å². The van der Waals surface area contributed by atoms with Crippen LogP contribution in [-0.2, 0) is 0 Å². The lowest BCUT2D eigenvalue weighted by Crippen LogP contribution is -2.50. The summed E-state index contributed by atoms with van der Waals surface area (Å²) in [5, 5.41) is 3.67. The molecule has 2 fully saturated rings. The second-order valence-electron chi connectivity index (χ2n) is 6.28. The van der Waals surface area contributed by atoms with E-state index in [1.165, 1.54) is 19.3 Å². The van der Waals surface area contributed by atoms with Crippen molar-refractivity contribution in [1.82, 2.24) is 14.9 Å². The van der Waals surface area contributed by atoms with Crippen LogP contribution in [0.4, 0.5) is 5.82 Å². The average Bonchev–Trinajstić information content (AvgIpc) is 2.48. The molecule has 1 aromatic carbocycles. The highest BCUT2D eigenvalue weighted by Gasteiger charge is 2.33. The van der Waals surface area contributed by atoms with Gasteiger partial charge in [0, 0.05) is 18.1 Å². The minimum absolute atomic E-state index is 0.109. The molecule has 0 aliphatic carbocycles. The molecule has 0 spiro atoms. The smallest absolute Gasteiger partial charge is 0.293 e. The van der Waals surface area contributed by atoms with E-state index in [0.717, 1.165) is 23.9 Å². The molecule has 5 heteroatoms. The number of hydrogen-bond acceptors (Lipinski definition) is 4. The first-order valence-corrected chi connectivity index (χ1v) is 7.75. The maximum Gasteiger partial charge on any atom is 0.293 e. The minimum Gasteiger partial charge on any atom is -0.379 e. The summed E-state index contributed by atoms with van der Waals surface area (Å²) < 4.78 is 1.89. The summed E-state index contributed by atoms with van der Waals surface area (Å²) in [4.78, 5) is 16.8. The highest BCUT2D eigenvalue weighted by atomic mass is 16.1. The molecule has 2 aromatic rings. The zero-order chi connectivity index (χ0) is 14.4. The Kier molecular flexibility index (Phi) is 2.96. The summed E-state index contributed by atoms with van der Waals surface area (Å²) in [6.45, 7) is 0. The number of nitrogens with zero attached hydrogens (tertiary/aromatic N) is 2. The number of aromatic nitrogens is 2. The monoisotopic (exact) mass is 284 g/mol. The molecule has 2 bridgehead atoms. The molecule has 2 saturated heterocycles. The molecule has 1 aromatic heterocycles. The van der Waals surface area contributed by atoms with Crippen LogP contribution in [0.15, 0.2) is 29.1 Å². The van der Waals surface area contributed by atoms with Crippen molar-refractivity contribution in [2.75, 3.05) is 5.73 Å². The summed E-state index contributed by atoms with van der Waals surface area (Å²) >= 11 is 0. The fourth-order valence-electron chi connectivity index (χ4n) is 3.98. The first kappa shape index (κ1) is 12.8. The molecule has 5 nitrogen and oxygen atoms in total. The minimum atomic E-state index is -0.140. The Balaban J connectivity index is 1.86. The molecule has 0 amide bonds. The second-order valence-corrected chi connectivity index (χ2v) is 6.28. The topological polar surface area (TPSA) is 72.9 Å². The van der Waals surface area contributed by atoms with Crippen LogP contribution in [0.2, 0.25) is 0 Å². The van der Waals surface area contributed by atoms with Gasteiger partial charge in [0.2, 0.25) is 0 Å². The van der Waals surface area contributed by atoms with Crippen LogP contribution in [0, 0.1) is 0 Å². The first-order valence-electron chi connectivity index (χ1n) is 7.75. The number of benzene rings is 1. The Hall–Kier alpha value is -1.88. The van der Waals surface area contributed by atoms with Crippen LogP contribution in [0.1, 0.15) is 38.1 Å². The van der Waals surface area contributed by atoms with Crippen molar-refractivity contribution >= 4 is 16.9 Å². The Bertz CT molecular complexity index is 727. The fourth-order valence-corrected chi connectivity index (χ4v) is 3.98. The van der Waals surface area contributed by atoms with E-state index in [2.05, 4.69) is 10.3 Å². The Morgan fingerprint density at radius 1 is 1.19 bits per heavy atom. The third-order valence-electron chi connectivity index (χ3n) is 4.88. The van der Waals surface area contributed by atoms with Crippen molar-refractivity contribution in [2.24, 2.45) is 0 Å². The van der Waals surface area contributed by atoms with Crippen molar-refractivity contribution in [1.29, 1.82) is 0 Å². The number of para-hydroxylation sites is 2. The number of nitrogens with one attached hydrogen (secondary N) is 1. The molecule has 3 N–H and O–H groups in total. The number of nitrogens with two attached hydrogens (primary N) is 1. The van der Waals surface area contributed by atoms with Crippen molar-refractivity contribution in [3.63, 3.8) is 0 Å². The summed E-state index contributed by atoms with van der Waals surface area (Å²) in [6.07, 6.45) is 5.72.